The van der Waals surface area contributed by atoms with Gasteiger partial charge in [-0.2, -0.15) is 0 Å². The van der Waals surface area contributed by atoms with Crippen LogP contribution >= 0.6 is 0 Å². The van der Waals surface area contributed by atoms with Gasteiger partial charge in [0, 0.05) is 26.2 Å². The molecule has 5 heteroatoms. The summed E-state index contributed by atoms with van der Waals surface area (Å²) in [6.45, 7) is 3.71. The number of likely N-dealkylation sites (tertiary alicyclic amines) is 1. The maximum atomic E-state index is 13.8. The van der Waals surface area contributed by atoms with Crippen LogP contribution in [0.3, 0.4) is 0 Å². The fourth-order valence-corrected chi connectivity index (χ4v) is 2.63. The van der Waals surface area contributed by atoms with Gasteiger partial charge in [-0.15, -0.1) is 0 Å². The lowest BCUT2D eigenvalue weighted by Gasteiger charge is -2.32. The second-order valence-electron chi connectivity index (χ2n) is 5.13. The predicted molar refractivity (Wildman–Crippen MR) is 76.3 cm³/mol. The van der Waals surface area contributed by atoms with Crippen LogP contribution in [0.2, 0.25) is 0 Å². The molecule has 2 N–H and O–H groups in total. The van der Waals surface area contributed by atoms with Crippen LogP contribution in [0.15, 0.2) is 18.2 Å². The van der Waals surface area contributed by atoms with Crippen molar-refractivity contribution in [3.63, 3.8) is 0 Å². The van der Waals surface area contributed by atoms with Crippen molar-refractivity contribution in [1.29, 1.82) is 0 Å². The summed E-state index contributed by atoms with van der Waals surface area (Å²) in [4.78, 5) is 14.3. The largest absolute Gasteiger partial charge is 0.396 e. The number of carbonyl (C=O) groups is 1. The standard InChI is InChI=1S/C15H21FN2O2/c1-2-17-14-12(6-3-7-13(14)16)15(20)18-8-4-5-11(9-18)10-19/h3,6-7,11,17,19H,2,4-5,8-10H2,1H3. The maximum absolute atomic E-state index is 13.8. The highest BCUT2D eigenvalue weighted by atomic mass is 19.1. The fraction of sp³-hybridized carbons (Fsp3) is 0.533. The number of nitrogens with zero attached hydrogens (tertiary/aromatic N) is 1. The van der Waals surface area contributed by atoms with Crippen LogP contribution in [0.25, 0.3) is 0 Å². The number of amides is 1. The van der Waals surface area contributed by atoms with Crippen molar-refractivity contribution in [1.82, 2.24) is 4.90 Å². The highest BCUT2D eigenvalue weighted by Gasteiger charge is 2.26. The molecule has 20 heavy (non-hydrogen) atoms. The summed E-state index contributed by atoms with van der Waals surface area (Å²) in [5.41, 5.74) is 0.636. The van der Waals surface area contributed by atoms with Gasteiger partial charge in [0.15, 0.2) is 0 Å². The number of rotatable bonds is 4. The number of benzene rings is 1. The van der Waals surface area contributed by atoms with Crippen LogP contribution in [-0.2, 0) is 0 Å². The van der Waals surface area contributed by atoms with Gasteiger partial charge in [-0.05, 0) is 37.8 Å². The Morgan fingerprint density at radius 3 is 3.05 bits per heavy atom. The first-order valence-corrected chi connectivity index (χ1v) is 7.09. The van der Waals surface area contributed by atoms with Crippen molar-refractivity contribution in [2.75, 3.05) is 31.6 Å². The van der Waals surface area contributed by atoms with Gasteiger partial charge in [0.1, 0.15) is 5.82 Å². The van der Waals surface area contributed by atoms with Crippen molar-refractivity contribution in [3.05, 3.63) is 29.6 Å². The first-order valence-electron chi connectivity index (χ1n) is 7.09. The van der Waals surface area contributed by atoms with E-state index in [1.165, 1.54) is 6.07 Å². The molecule has 1 aromatic rings. The van der Waals surface area contributed by atoms with Crippen LogP contribution in [0.4, 0.5) is 10.1 Å². The highest BCUT2D eigenvalue weighted by molar-refractivity contribution is 5.99. The third-order valence-electron chi connectivity index (χ3n) is 3.66. The van der Waals surface area contributed by atoms with Gasteiger partial charge in [0.25, 0.3) is 5.91 Å². The molecule has 0 radical (unpaired) electrons. The Bertz CT molecular complexity index is 479. The van der Waals surface area contributed by atoms with E-state index in [-0.39, 0.29) is 24.1 Å². The molecule has 0 aromatic heterocycles. The molecular weight excluding hydrogens is 259 g/mol. The van der Waals surface area contributed by atoms with Crippen LogP contribution in [0, 0.1) is 11.7 Å². The van der Waals surface area contributed by atoms with Gasteiger partial charge < -0.3 is 15.3 Å². The van der Waals surface area contributed by atoms with E-state index in [1.807, 2.05) is 6.92 Å². The van der Waals surface area contributed by atoms with E-state index in [9.17, 15) is 14.3 Å². The monoisotopic (exact) mass is 280 g/mol. The summed E-state index contributed by atoms with van der Waals surface area (Å²) in [5.74, 6) is -0.448. The van der Waals surface area contributed by atoms with Gasteiger partial charge in [0.2, 0.25) is 0 Å². The Balaban J connectivity index is 2.22. The SMILES string of the molecule is CCNc1c(F)cccc1C(=O)N1CCCC(CO)C1. The molecule has 0 bridgehead atoms. The van der Waals surface area contributed by atoms with Gasteiger partial charge >= 0.3 is 0 Å². The molecule has 1 aliphatic heterocycles. The van der Waals surface area contributed by atoms with Crippen LogP contribution in [-0.4, -0.2) is 42.2 Å². The van der Waals surface area contributed by atoms with Gasteiger partial charge in [-0.1, -0.05) is 6.07 Å². The van der Waals surface area contributed by atoms with E-state index in [1.54, 1.807) is 17.0 Å². The molecular formula is C15H21FN2O2. The zero-order valence-corrected chi connectivity index (χ0v) is 11.7. The molecule has 0 spiro atoms. The first kappa shape index (κ1) is 14.8. The molecule has 2 rings (SSSR count). The molecule has 1 amide bonds. The molecule has 110 valence electrons. The molecule has 1 atom stereocenters. The summed E-state index contributed by atoms with van der Waals surface area (Å²) in [5, 5.41) is 12.2. The average Bonchev–Trinajstić information content (AvgIpc) is 2.49. The second kappa shape index (κ2) is 6.70. The number of nitrogens with one attached hydrogen (secondary N) is 1. The van der Waals surface area contributed by atoms with E-state index in [0.717, 1.165) is 12.8 Å². The predicted octanol–water partition coefficient (Wildman–Crippen LogP) is 2.10. The summed E-state index contributed by atoms with van der Waals surface area (Å²) in [7, 11) is 0. The lowest BCUT2D eigenvalue weighted by Crippen LogP contribution is -2.41. The number of hydrogen-bond donors (Lipinski definition) is 2. The summed E-state index contributed by atoms with van der Waals surface area (Å²) in [6, 6.07) is 4.55. The molecule has 4 nitrogen and oxygen atoms in total. The van der Waals surface area contributed by atoms with Crippen molar-refractivity contribution >= 4 is 11.6 Å². The van der Waals surface area contributed by atoms with Gasteiger partial charge in [-0.3, -0.25) is 4.79 Å². The lowest BCUT2D eigenvalue weighted by atomic mass is 9.98. The molecule has 0 aliphatic carbocycles. The van der Waals surface area contributed by atoms with Gasteiger partial charge in [0.05, 0.1) is 11.3 Å². The molecule has 1 fully saturated rings. The Labute approximate surface area is 118 Å². The number of anilines is 1. The van der Waals surface area contributed by atoms with Crippen molar-refractivity contribution in [2.45, 2.75) is 19.8 Å². The molecule has 1 aliphatic rings. The minimum absolute atomic E-state index is 0.0903. The van der Waals surface area contributed by atoms with E-state index in [2.05, 4.69) is 5.32 Å². The van der Waals surface area contributed by atoms with Crippen molar-refractivity contribution in [3.8, 4) is 0 Å². The van der Waals surface area contributed by atoms with Crippen LogP contribution in [0.1, 0.15) is 30.1 Å². The maximum Gasteiger partial charge on any atom is 0.256 e. The highest BCUT2D eigenvalue weighted by Crippen LogP contribution is 2.24. The van der Waals surface area contributed by atoms with Crippen molar-refractivity contribution in [2.24, 2.45) is 5.92 Å². The number of aliphatic hydroxyl groups excluding tert-OH is 1. The minimum Gasteiger partial charge on any atom is -0.396 e. The Morgan fingerprint density at radius 2 is 2.35 bits per heavy atom. The molecule has 1 saturated heterocycles. The lowest BCUT2D eigenvalue weighted by molar-refractivity contribution is 0.0621. The number of carbonyl (C=O) groups excluding carboxylic acids is 1. The van der Waals surface area contributed by atoms with E-state index in [4.69, 9.17) is 0 Å². The number of piperidine rings is 1. The van der Waals surface area contributed by atoms with E-state index in [0.29, 0.717) is 25.2 Å². The van der Waals surface area contributed by atoms with Crippen molar-refractivity contribution < 1.29 is 14.3 Å². The third-order valence-corrected chi connectivity index (χ3v) is 3.66. The van der Waals surface area contributed by atoms with Crippen LogP contribution in [0.5, 0.6) is 0 Å². The number of hydrogen-bond acceptors (Lipinski definition) is 3. The number of aliphatic hydroxyl groups is 1. The zero-order chi connectivity index (χ0) is 14.5. The number of para-hydroxylation sites is 1. The normalized spacial score (nSPS) is 18.9. The minimum atomic E-state index is -0.409. The average molecular weight is 280 g/mol. The summed E-state index contributed by atoms with van der Waals surface area (Å²) >= 11 is 0. The molecule has 1 unspecified atom stereocenters. The van der Waals surface area contributed by atoms with E-state index >= 15 is 0 Å². The topological polar surface area (TPSA) is 52.6 Å². The third kappa shape index (κ3) is 3.10. The Hall–Kier alpha value is -1.62. The van der Waals surface area contributed by atoms with Gasteiger partial charge in [-0.25, -0.2) is 4.39 Å². The summed E-state index contributed by atoms with van der Waals surface area (Å²) in [6.07, 6.45) is 1.81. The Kier molecular flexibility index (Phi) is 4.95. The first-order chi connectivity index (χ1) is 9.67. The zero-order valence-electron chi connectivity index (χ0n) is 11.7. The quantitative estimate of drug-likeness (QED) is 0.888. The fourth-order valence-electron chi connectivity index (χ4n) is 2.63. The second-order valence-corrected chi connectivity index (χ2v) is 5.13. The molecule has 0 saturated carbocycles. The smallest absolute Gasteiger partial charge is 0.256 e. The van der Waals surface area contributed by atoms with Crippen LogP contribution < -0.4 is 5.32 Å². The summed E-state index contributed by atoms with van der Waals surface area (Å²) < 4.78 is 13.8. The molecule has 1 aromatic carbocycles. The molecule has 1 heterocycles. The van der Waals surface area contributed by atoms with E-state index < -0.39 is 5.82 Å². The Morgan fingerprint density at radius 1 is 1.55 bits per heavy atom. The number of halogens is 1.